The summed E-state index contributed by atoms with van der Waals surface area (Å²) in [6, 6.07) is 20.2. The number of nitro groups is 1. The van der Waals surface area contributed by atoms with Crippen LogP contribution in [0.1, 0.15) is 11.1 Å². The molecule has 172 valence electrons. The first-order valence-electron chi connectivity index (χ1n) is 10.3. The van der Waals surface area contributed by atoms with Gasteiger partial charge in [-0.05, 0) is 48.0 Å². The molecule has 9 nitrogen and oxygen atoms in total. The molecule has 1 heterocycles. The van der Waals surface area contributed by atoms with Gasteiger partial charge in [-0.25, -0.2) is 9.79 Å². The maximum Gasteiger partial charge on any atom is 0.363 e. The second-order valence-electron chi connectivity index (χ2n) is 7.06. The van der Waals surface area contributed by atoms with E-state index in [1.165, 1.54) is 31.4 Å². The fraction of sp³-hybridized carbons (Fsp3) is 0.120. The number of esters is 1. The molecule has 0 saturated carbocycles. The Bertz CT molecular complexity index is 1250. The number of non-ortho nitro benzene ring substituents is 1. The molecule has 0 aromatic heterocycles. The van der Waals surface area contributed by atoms with Crippen molar-refractivity contribution in [2.75, 3.05) is 20.3 Å². The highest BCUT2D eigenvalue weighted by molar-refractivity contribution is 6.12. The first kappa shape index (κ1) is 22.5. The summed E-state index contributed by atoms with van der Waals surface area (Å²) in [4.78, 5) is 26.7. The zero-order valence-corrected chi connectivity index (χ0v) is 18.2. The third-order valence-electron chi connectivity index (χ3n) is 4.79. The lowest BCUT2D eigenvalue weighted by Gasteiger charge is -2.12. The predicted molar refractivity (Wildman–Crippen MR) is 124 cm³/mol. The van der Waals surface area contributed by atoms with Gasteiger partial charge in [-0.1, -0.05) is 24.3 Å². The minimum atomic E-state index is -0.526. The molecule has 1 aliphatic rings. The highest BCUT2D eigenvalue weighted by atomic mass is 16.6. The van der Waals surface area contributed by atoms with Gasteiger partial charge < -0.3 is 18.9 Å². The van der Waals surface area contributed by atoms with E-state index in [0.717, 1.165) is 5.56 Å². The Morgan fingerprint density at radius 3 is 2.41 bits per heavy atom. The van der Waals surface area contributed by atoms with E-state index in [0.29, 0.717) is 22.8 Å². The molecule has 0 fully saturated rings. The van der Waals surface area contributed by atoms with Gasteiger partial charge in [0.25, 0.3) is 5.69 Å². The van der Waals surface area contributed by atoms with Crippen molar-refractivity contribution in [3.63, 3.8) is 0 Å². The van der Waals surface area contributed by atoms with E-state index in [1.807, 2.05) is 30.3 Å². The zero-order chi connectivity index (χ0) is 23.9. The van der Waals surface area contributed by atoms with Crippen LogP contribution in [-0.4, -0.2) is 37.1 Å². The molecule has 34 heavy (non-hydrogen) atoms. The molecule has 9 heteroatoms. The number of hydrogen-bond donors (Lipinski definition) is 0. The van der Waals surface area contributed by atoms with Crippen LogP contribution in [0.5, 0.6) is 17.2 Å². The van der Waals surface area contributed by atoms with Gasteiger partial charge in [0.2, 0.25) is 5.90 Å². The molecular weight excluding hydrogens is 440 g/mol. The van der Waals surface area contributed by atoms with Crippen molar-refractivity contribution in [2.45, 2.75) is 0 Å². The summed E-state index contributed by atoms with van der Waals surface area (Å²) in [6.45, 7) is 0.459. The van der Waals surface area contributed by atoms with Crippen LogP contribution in [0.2, 0.25) is 0 Å². The Balaban J connectivity index is 1.38. The fourth-order valence-electron chi connectivity index (χ4n) is 3.14. The second kappa shape index (κ2) is 10.3. The molecule has 3 aromatic carbocycles. The van der Waals surface area contributed by atoms with Crippen LogP contribution in [0.4, 0.5) is 5.69 Å². The largest absolute Gasteiger partial charge is 0.493 e. The molecule has 0 amide bonds. The first-order chi connectivity index (χ1) is 16.5. The van der Waals surface area contributed by atoms with Crippen molar-refractivity contribution in [3.8, 4) is 17.2 Å². The average Bonchev–Trinajstić information content (AvgIpc) is 3.23. The van der Waals surface area contributed by atoms with Gasteiger partial charge in [-0.2, -0.15) is 0 Å². The van der Waals surface area contributed by atoms with Gasteiger partial charge in [-0.3, -0.25) is 10.1 Å². The Morgan fingerprint density at radius 1 is 0.971 bits per heavy atom. The van der Waals surface area contributed by atoms with E-state index in [4.69, 9.17) is 18.9 Å². The topological polar surface area (TPSA) is 109 Å². The Morgan fingerprint density at radius 2 is 1.71 bits per heavy atom. The van der Waals surface area contributed by atoms with Gasteiger partial charge in [-0.15, -0.1) is 0 Å². The monoisotopic (exact) mass is 460 g/mol. The molecule has 0 spiro atoms. The van der Waals surface area contributed by atoms with Crippen LogP contribution in [0.3, 0.4) is 0 Å². The highest BCUT2D eigenvalue weighted by Gasteiger charge is 2.24. The summed E-state index contributed by atoms with van der Waals surface area (Å²) in [7, 11) is 1.52. The third-order valence-corrected chi connectivity index (χ3v) is 4.79. The molecule has 0 N–H and O–H groups in total. The lowest BCUT2D eigenvalue weighted by Crippen LogP contribution is -2.09. The summed E-state index contributed by atoms with van der Waals surface area (Å²) < 4.78 is 22.0. The summed E-state index contributed by atoms with van der Waals surface area (Å²) >= 11 is 0. The maximum atomic E-state index is 12.2. The smallest absolute Gasteiger partial charge is 0.363 e. The molecule has 0 bridgehead atoms. The van der Waals surface area contributed by atoms with Crippen molar-refractivity contribution < 1.29 is 28.7 Å². The van der Waals surface area contributed by atoms with Crippen molar-refractivity contribution in [1.29, 1.82) is 0 Å². The van der Waals surface area contributed by atoms with E-state index in [-0.39, 0.29) is 30.5 Å². The van der Waals surface area contributed by atoms with E-state index in [2.05, 4.69) is 4.99 Å². The second-order valence-corrected chi connectivity index (χ2v) is 7.06. The van der Waals surface area contributed by atoms with E-state index in [1.54, 1.807) is 24.3 Å². The van der Waals surface area contributed by atoms with Crippen molar-refractivity contribution in [3.05, 3.63) is 99.7 Å². The number of nitro benzene ring substituents is 1. The van der Waals surface area contributed by atoms with Crippen molar-refractivity contribution in [1.82, 2.24) is 0 Å². The number of rotatable bonds is 9. The summed E-state index contributed by atoms with van der Waals surface area (Å²) in [6.07, 6.45) is 1.61. The van der Waals surface area contributed by atoms with Crippen LogP contribution in [0.15, 0.2) is 83.5 Å². The normalized spacial score (nSPS) is 13.9. The molecule has 0 radical (unpaired) electrons. The van der Waals surface area contributed by atoms with Crippen LogP contribution in [0, 0.1) is 10.1 Å². The number of carbonyl (C=O) groups excluding carboxylic acids is 1. The number of benzene rings is 3. The Labute approximate surface area is 195 Å². The third kappa shape index (κ3) is 5.39. The number of hydrogen-bond acceptors (Lipinski definition) is 8. The minimum absolute atomic E-state index is 0.00348. The maximum absolute atomic E-state index is 12.2. The summed E-state index contributed by atoms with van der Waals surface area (Å²) in [5.74, 6) is 1.21. The summed E-state index contributed by atoms with van der Waals surface area (Å²) in [5, 5.41) is 10.7. The number of cyclic esters (lactones) is 1. The Kier molecular flexibility index (Phi) is 6.83. The lowest BCUT2D eigenvalue weighted by atomic mass is 10.1. The standard InChI is InChI=1S/C25H20N2O7/c1-31-23-16-17(15-21-25(28)34-24(26-21)18-5-3-2-4-6-18)7-12-22(23)33-14-13-32-20-10-8-19(9-11-20)27(29)30/h2-12,15-16H,13-14H2,1H3. The molecule has 0 unspecified atom stereocenters. The van der Waals surface area contributed by atoms with E-state index < -0.39 is 10.9 Å². The van der Waals surface area contributed by atoms with E-state index >= 15 is 0 Å². The summed E-state index contributed by atoms with van der Waals surface area (Å²) in [5.41, 5.74) is 1.59. The van der Waals surface area contributed by atoms with Gasteiger partial charge >= 0.3 is 5.97 Å². The minimum Gasteiger partial charge on any atom is -0.493 e. The average molecular weight is 460 g/mol. The quantitative estimate of drug-likeness (QED) is 0.153. The lowest BCUT2D eigenvalue weighted by molar-refractivity contribution is -0.384. The Hall–Kier alpha value is -4.66. The number of methoxy groups -OCH3 is 1. The SMILES string of the molecule is COc1cc(C=C2N=C(c3ccccc3)OC2=O)ccc1OCCOc1ccc([N+](=O)[O-])cc1. The van der Waals surface area contributed by atoms with Crippen molar-refractivity contribution >= 4 is 23.6 Å². The molecule has 4 rings (SSSR count). The van der Waals surface area contributed by atoms with Crippen molar-refractivity contribution in [2.24, 2.45) is 4.99 Å². The first-order valence-corrected chi connectivity index (χ1v) is 10.3. The number of nitrogens with zero attached hydrogens (tertiary/aromatic N) is 2. The number of carbonyl (C=O) groups is 1. The molecule has 0 atom stereocenters. The highest BCUT2D eigenvalue weighted by Crippen LogP contribution is 2.30. The molecule has 0 saturated heterocycles. The van der Waals surface area contributed by atoms with Gasteiger partial charge in [0, 0.05) is 17.7 Å². The number of ether oxygens (including phenoxy) is 4. The predicted octanol–water partition coefficient (Wildman–Crippen LogP) is 4.41. The van der Waals surface area contributed by atoms with Crippen LogP contribution < -0.4 is 14.2 Å². The van der Waals surface area contributed by atoms with Gasteiger partial charge in [0.15, 0.2) is 17.2 Å². The fourth-order valence-corrected chi connectivity index (χ4v) is 3.14. The molecule has 1 aliphatic heterocycles. The molecule has 0 aliphatic carbocycles. The van der Waals surface area contributed by atoms with Crippen LogP contribution in [-0.2, 0) is 9.53 Å². The zero-order valence-electron chi connectivity index (χ0n) is 18.2. The van der Waals surface area contributed by atoms with Crippen LogP contribution in [0.25, 0.3) is 6.08 Å². The van der Waals surface area contributed by atoms with E-state index in [9.17, 15) is 14.9 Å². The number of aliphatic imine (C=N–C) groups is 1. The van der Waals surface area contributed by atoms with Gasteiger partial charge in [0.1, 0.15) is 19.0 Å². The van der Waals surface area contributed by atoms with Gasteiger partial charge in [0.05, 0.1) is 12.0 Å². The molecule has 3 aromatic rings. The molecular formula is C25H20N2O7. The van der Waals surface area contributed by atoms with Crippen LogP contribution >= 0.6 is 0 Å².